The van der Waals surface area contributed by atoms with Crippen molar-refractivity contribution < 1.29 is 4.79 Å². The molecule has 1 amide bonds. The van der Waals surface area contributed by atoms with Crippen LogP contribution in [0.1, 0.15) is 26.7 Å². The predicted octanol–water partition coefficient (Wildman–Crippen LogP) is -0.0659. The van der Waals surface area contributed by atoms with Crippen LogP contribution in [0.25, 0.3) is 0 Å². The summed E-state index contributed by atoms with van der Waals surface area (Å²) in [5, 5.41) is 2.85. The molecular formula is C11H21N3O. The summed E-state index contributed by atoms with van der Waals surface area (Å²) in [6.07, 6.45) is 2.56. The van der Waals surface area contributed by atoms with Crippen LogP contribution in [0, 0.1) is 5.92 Å². The number of nitrogens with one attached hydrogen (secondary N) is 1. The highest BCUT2D eigenvalue weighted by Crippen LogP contribution is 2.43. The van der Waals surface area contributed by atoms with Crippen LogP contribution in [0.4, 0.5) is 0 Å². The monoisotopic (exact) mass is 211 g/mol. The van der Waals surface area contributed by atoms with Gasteiger partial charge < -0.3 is 11.1 Å². The maximum absolute atomic E-state index is 11.6. The smallest absolute Gasteiger partial charge is 0.237 e. The lowest BCUT2D eigenvalue weighted by Crippen LogP contribution is -2.71. The molecule has 1 saturated heterocycles. The van der Waals surface area contributed by atoms with Gasteiger partial charge in [0.1, 0.15) is 0 Å². The van der Waals surface area contributed by atoms with Crippen molar-refractivity contribution in [2.45, 2.75) is 38.3 Å². The van der Waals surface area contributed by atoms with Gasteiger partial charge in [-0.1, -0.05) is 0 Å². The van der Waals surface area contributed by atoms with E-state index >= 15 is 0 Å². The van der Waals surface area contributed by atoms with Gasteiger partial charge in [0, 0.05) is 25.2 Å². The summed E-state index contributed by atoms with van der Waals surface area (Å²) >= 11 is 0. The van der Waals surface area contributed by atoms with Crippen LogP contribution in [-0.4, -0.2) is 42.0 Å². The molecule has 15 heavy (non-hydrogen) atoms. The van der Waals surface area contributed by atoms with E-state index in [0.29, 0.717) is 6.54 Å². The topological polar surface area (TPSA) is 58.4 Å². The van der Waals surface area contributed by atoms with Crippen molar-refractivity contribution in [1.82, 2.24) is 10.2 Å². The van der Waals surface area contributed by atoms with E-state index in [1.807, 2.05) is 13.8 Å². The summed E-state index contributed by atoms with van der Waals surface area (Å²) in [7, 11) is 0. The van der Waals surface area contributed by atoms with Crippen molar-refractivity contribution in [2.75, 3.05) is 19.6 Å². The molecule has 1 heterocycles. The van der Waals surface area contributed by atoms with Crippen LogP contribution in [0.3, 0.4) is 0 Å². The Kier molecular flexibility index (Phi) is 2.73. The Morgan fingerprint density at radius 3 is 2.67 bits per heavy atom. The Balaban J connectivity index is 1.80. The maximum atomic E-state index is 11.6. The first-order chi connectivity index (χ1) is 7.07. The summed E-state index contributed by atoms with van der Waals surface area (Å²) < 4.78 is 0. The molecule has 2 rings (SSSR count). The standard InChI is InChI=1S/C11H21N3O/c1-3-13-10(15)8(2)14-6-11(12,7-14)9-4-5-9/h8-9H,3-7,12H2,1-2H3,(H,13,15). The predicted molar refractivity (Wildman–Crippen MR) is 59.4 cm³/mol. The van der Waals surface area contributed by atoms with Crippen LogP contribution in [0.15, 0.2) is 0 Å². The van der Waals surface area contributed by atoms with Gasteiger partial charge >= 0.3 is 0 Å². The average molecular weight is 211 g/mol. The molecule has 2 aliphatic rings. The van der Waals surface area contributed by atoms with Crippen molar-refractivity contribution in [3.63, 3.8) is 0 Å². The van der Waals surface area contributed by atoms with E-state index in [4.69, 9.17) is 5.73 Å². The number of nitrogens with zero attached hydrogens (tertiary/aromatic N) is 1. The first-order valence-corrected chi connectivity index (χ1v) is 5.87. The molecule has 0 aromatic heterocycles. The maximum Gasteiger partial charge on any atom is 0.237 e. The van der Waals surface area contributed by atoms with Gasteiger partial charge in [0.15, 0.2) is 0 Å². The first-order valence-electron chi connectivity index (χ1n) is 5.87. The lowest BCUT2D eigenvalue weighted by molar-refractivity contribution is -0.129. The highest BCUT2D eigenvalue weighted by atomic mass is 16.2. The molecule has 4 heteroatoms. The van der Waals surface area contributed by atoms with Crippen molar-refractivity contribution in [3.05, 3.63) is 0 Å². The Hall–Kier alpha value is -0.610. The normalized spacial score (nSPS) is 26.9. The minimum atomic E-state index is -0.0274. The summed E-state index contributed by atoms with van der Waals surface area (Å²) in [6, 6.07) is -0.0274. The lowest BCUT2D eigenvalue weighted by atomic mass is 9.84. The quantitative estimate of drug-likeness (QED) is 0.684. The van der Waals surface area contributed by atoms with Crippen LogP contribution in [-0.2, 0) is 4.79 Å². The zero-order valence-electron chi connectivity index (χ0n) is 9.62. The molecule has 3 N–H and O–H groups in total. The van der Waals surface area contributed by atoms with E-state index in [1.54, 1.807) is 0 Å². The third kappa shape index (κ3) is 2.01. The van der Waals surface area contributed by atoms with Crippen LogP contribution < -0.4 is 11.1 Å². The lowest BCUT2D eigenvalue weighted by Gasteiger charge is -2.50. The molecule has 0 aromatic rings. The van der Waals surface area contributed by atoms with Crippen molar-refractivity contribution in [3.8, 4) is 0 Å². The van der Waals surface area contributed by atoms with E-state index in [-0.39, 0.29) is 17.5 Å². The van der Waals surface area contributed by atoms with Crippen LogP contribution >= 0.6 is 0 Å². The van der Waals surface area contributed by atoms with E-state index < -0.39 is 0 Å². The number of amides is 1. The van der Waals surface area contributed by atoms with Gasteiger partial charge in [-0.25, -0.2) is 0 Å². The zero-order valence-corrected chi connectivity index (χ0v) is 9.62. The molecule has 1 saturated carbocycles. The number of hydrogen-bond acceptors (Lipinski definition) is 3. The van der Waals surface area contributed by atoms with Crippen LogP contribution in [0.5, 0.6) is 0 Å². The molecule has 0 bridgehead atoms. The molecule has 1 aliphatic heterocycles. The first kappa shape index (κ1) is 10.9. The molecule has 0 aromatic carbocycles. The van der Waals surface area contributed by atoms with E-state index in [9.17, 15) is 4.79 Å². The second-order valence-electron chi connectivity index (χ2n) is 4.98. The molecule has 4 nitrogen and oxygen atoms in total. The Morgan fingerprint density at radius 1 is 1.60 bits per heavy atom. The summed E-state index contributed by atoms with van der Waals surface area (Å²) in [5.74, 6) is 0.838. The molecular weight excluding hydrogens is 190 g/mol. The Bertz CT molecular complexity index is 257. The van der Waals surface area contributed by atoms with Gasteiger partial charge in [-0.15, -0.1) is 0 Å². The van der Waals surface area contributed by atoms with E-state index in [2.05, 4.69) is 10.2 Å². The van der Waals surface area contributed by atoms with Gasteiger partial charge in [-0.2, -0.15) is 0 Å². The number of rotatable bonds is 4. The highest BCUT2D eigenvalue weighted by molar-refractivity contribution is 5.81. The Labute approximate surface area is 91.2 Å². The van der Waals surface area contributed by atoms with Crippen molar-refractivity contribution in [1.29, 1.82) is 0 Å². The number of hydrogen-bond donors (Lipinski definition) is 2. The Morgan fingerprint density at radius 2 is 2.20 bits per heavy atom. The number of nitrogens with two attached hydrogens (primary N) is 1. The SMILES string of the molecule is CCNC(=O)C(C)N1CC(N)(C2CC2)C1. The van der Waals surface area contributed by atoms with E-state index in [1.165, 1.54) is 12.8 Å². The minimum Gasteiger partial charge on any atom is -0.355 e. The van der Waals surface area contributed by atoms with Gasteiger partial charge in [0.2, 0.25) is 5.91 Å². The van der Waals surface area contributed by atoms with Crippen LogP contribution in [0.2, 0.25) is 0 Å². The molecule has 0 radical (unpaired) electrons. The second-order valence-corrected chi connectivity index (χ2v) is 4.98. The third-order valence-corrected chi connectivity index (χ3v) is 3.66. The molecule has 0 spiro atoms. The van der Waals surface area contributed by atoms with Gasteiger partial charge in [0.05, 0.1) is 6.04 Å². The van der Waals surface area contributed by atoms with Gasteiger partial charge in [0.25, 0.3) is 0 Å². The zero-order chi connectivity index (χ0) is 11.1. The second kappa shape index (κ2) is 3.76. The number of carbonyl (C=O) groups is 1. The largest absolute Gasteiger partial charge is 0.355 e. The molecule has 1 aliphatic carbocycles. The number of likely N-dealkylation sites (tertiary alicyclic amines) is 1. The fourth-order valence-electron chi connectivity index (χ4n) is 2.39. The molecule has 86 valence electrons. The summed E-state index contributed by atoms with van der Waals surface area (Å²) in [6.45, 7) is 6.37. The van der Waals surface area contributed by atoms with Crippen molar-refractivity contribution >= 4 is 5.91 Å². The fourth-order valence-corrected chi connectivity index (χ4v) is 2.39. The van der Waals surface area contributed by atoms with E-state index in [0.717, 1.165) is 19.0 Å². The van der Waals surface area contributed by atoms with Gasteiger partial charge in [-0.3, -0.25) is 9.69 Å². The third-order valence-electron chi connectivity index (χ3n) is 3.66. The van der Waals surface area contributed by atoms with Gasteiger partial charge in [-0.05, 0) is 32.6 Å². The molecule has 1 atom stereocenters. The molecule has 2 fully saturated rings. The highest BCUT2D eigenvalue weighted by Gasteiger charge is 2.51. The average Bonchev–Trinajstić information content (AvgIpc) is 2.95. The van der Waals surface area contributed by atoms with Crippen molar-refractivity contribution in [2.24, 2.45) is 11.7 Å². The number of likely N-dealkylation sites (N-methyl/N-ethyl adjacent to an activating group) is 1. The summed E-state index contributed by atoms with van der Waals surface area (Å²) in [4.78, 5) is 13.8. The minimum absolute atomic E-state index is 0.0146. The summed E-state index contributed by atoms with van der Waals surface area (Å²) in [5.41, 5.74) is 6.25. The molecule has 1 unspecified atom stereocenters. The fraction of sp³-hybridized carbons (Fsp3) is 0.909. The number of carbonyl (C=O) groups excluding carboxylic acids is 1.